The molecule has 0 spiro atoms. The molecule has 0 saturated carbocycles. The lowest BCUT2D eigenvalue weighted by Crippen LogP contribution is -2.17. The van der Waals surface area contributed by atoms with E-state index in [2.05, 4.69) is 0 Å². The third-order valence-electron chi connectivity index (χ3n) is 4.67. The summed E-state index contributed by atoms with van der Waals surface area (Å²) in [5.74, 6) is -0.551. The van der Waals surface area contributed by atoms with E-state index in [9.17, 15) is 19.2 Å². The Morgan fingerprint density at radius 3 is 1.39 bits per heavy atom. The molecule has 3 heterocycles. The number of hydrogen-bond acceptors (Lipinski definition) is 9. The van der Waals surface area contributed by atoms with Crippen LogP contribution in [0, 0.1) is 0 Å². The first-order valence-corrected chi connectivity index (χ1v) is 9.70. The molecular weight excluding hydrogens is 440 g/mol. The Hall–Kier alpha value is -4.52. The zero-order valence-electron chi connectivity index (χ0n) is 16.8. The van der Waals surface area contributed by atoms with E-state index in [1.165, 1.54) is 0 Å². The summed E-state index contributed by atoms with van der Waals surface area (Å²) in [4.78, 5) is 49.1. The van der Waals surface area contributed by atoms with Gasteiger partial charge < -0.3 is 18.5 Å². The predicted molar refractivity (Wildman–Crippen MR) is 108 cm³/mol. The number of hydrogen-bond donors (Lipinski definition) is 2. The summed E-state index contributed by atoms with van der Waals surface area (Å²) in [6, 6.07) is 13.7. The lowest BCUT2D eigenvalue weighted by Gasteiger charge is -2.06. The predicted octanol–water partition coefficient (Wildman–Crippen LogP) is -0.191. The molecule has 0 aliphatic carbocycles. The summed E-state index contributed by atoms with van der Waals surface area (Å²) in [5, 5.41) is 0. The Morgan fingerprint density at radius 1 is 0.667 bits per heavy atom. The van der Waals surface area contributed by atoms with Crippen molar-refractivity contribution in [1.82, 2.24) is 19.4 Å². The van der Waals surface area contributed by atoms with E-state index < -0.39 is 35.5 Å². The van der Waals surface area contributed by atoms with Gasteiger partial charge in [0.1, 0.15) is 11.5 Å². The molecule has 0 amide bonds. The Balaban J connectivity index is 1.13. The van der Waals surface area contributed by atoms with Gasteiger partial charge in [0.05, 0.1) is 13.1 Å². The van der Waals surface area contributed by atoms with Crippen LogP contribution in [0.4, 0.5) is 0 Å². The van der Waals surface area contributed by atoms with Crippen molar-refractivity contribution >= 4 is 0 Å². The standard InChI is InChI=1S/C20H16N4O9/c25-17-21-19(27)32-23(17)9-11-1-5-13(6-2-11)29-15-16(31-15)30-14-7-3-12(4-8-14)10-24-18(26)22-20(28)33-24/h1-8,15-16H,9-10H2,(H,21,25,27)(H,22,26,28)/t15-,16+. The van der Waals surface area contributed by atoms with Crippen molar-refractivity contribution in [3.05, 3.63) is 102 Å². The van der Waals surface area contributed by atoms with Crippen LogP contribution in [-0.4, -0.2) is 32.0 Å². The van der Waals surface area contributed by atoms with E-state index in [4.69, 9.17) is 23.3 Å². The molecule has 2 aromatic carbocycles. The van der Waals surface area contributed by atoms with E-state index in [0.29, 0.717) is 11.5 Å². The van der Waals surface area contributed by atoms with Crippen molar-refractivity contribution in [1.29, 1.82) is 0 Å². The van der Waals surface area contributed by atoms with Crippen LogP contribution in [0.1, 0.15) is 11.1 Å². The number of benzene rings is 2. The minimum Gasteiger partial charge on any atom is -0.458 e. The van der Waals surface area contributed by atoms with Crippen molar-refractivity contribution in [3.8, 4) is 11.5 Å². The number of aromatic amines is 2. The van der Waals surface area contributed by atoms with E-state index in [1.807, 2.05) is 9.97 Å². The quantitative estimate of drug-likeness (QED) is 0.342. The number of epoxide rings is 1. The maximum absolute atomic E-state index is 11.5. The van der Waals surface area contributed by atoms with Crippen molar-refractivity contribution in [3.63, 3.8) is 0 Å². The molecule has 13 heteroatoms. The molecule has 2 aromatic heterocycles. The first-order chi connectivity index (χ1) is 15.9. The van der Waals surface area contributed by atoms with Crippen LogP contribution in [0.2, 0.25) is 0 Å². The summed E-state index contributed by atoms with van der Waals surface area (Å²) in [6.07, 6.45) is -1.18. The molecule has 4 aromatic rings. The van der Waals surface area contributed by atoms with Crippen molar-refractivity contribution in [2.75, 3.05) is 0 Å². The molecular formula is C20H16N4O9. The molecule has 2 atom stereocenters. The van der Waals surface area contributed by atoms with Gasteiger partial charge >= 0.3 is 22.9 Å². The van der Waals surface area contributed by atoms with Gasteiger partial charge in [-0.05, 0) is 35.4 Å². The van der Waals surface area contributed by atoms with Crippen molar-refractivity contribution in [2.45, 2.75) is 25.7 Å². The highest BCUT2D eigenvalue weighted by atomic mass is 16.9. The second-order valence-corrected chi connectivity index (χ2v) is 7.09. The number of ether oxygens (including phenoxy) is 3. The van der Waals surface area contributed by atoms with Gasteiger partial charge in [0.25, 0.3) is 12.6 Å². The van der Waals surface area contributed by atoms with Gasteiger partial charge in [-0.1, -0.05) is 24.3 Å². The molecule has 5 rings (SSSR count). The molecule has 2 N–H and O–H groups in total. The van der Waals surface area contributed by atoms with Gasteiger partial charge in [0.2, 0.25) is 0 Å². The fourth-order valence-corrected chi connectivity index (χ4v) is 3.04. The van der Waals surface area contributed by atoms with Crippen LogP contribution in [0.3, 0.4) is 0 Å². The summed E-state index contributed by atoms with van der Waals surface area (Å²) in [6.45, 7) is 0.203. The fourth-order valence-electron chi connectivity index (χ4n) is 3.04. The number of rotatable bonds is 8. The van der Waals surface area contributed by atoms with Crippen LogP contribution in [-0.2, 0) is 17.8 Å². The number of nitrogens with one attached hydrogen (secondary N) is 2. The minimum atomic E-state index is -0.809. The summed E-state index contributed by atoms with van der Waals surface area (Å²) in [5.41, 5.74) is 0.227. The second-order valence-electron chi connectivity index (χ2n) is 7.09. The SMILES string of the molecule is O=c1[nH]c(=O)n(Cc2ccc(O[C@@H]3O[C@@H]3Oc3ccc(Cn4oc(=O)[nH]c4=O)cc3)cc2)o1. The van der Waals surface area contributed by atoms with Crippen molar-refractivity contribution in [2.24, 2.45) is 0 Å². The summed E-state index contributed by atoms with van der Waals surface area (Å²) < 4.78 is 28.0. The Labute approximate surface area is 182 Å². The van der Waals surface area contributed by atoms with E-state index in [1.54, 1.807) is 48.5 Å². The third-order valence-corrected chi connectivity index (χ3v) is 4.67. The van der Waals surface area contributed by atoms with E-state index in [-0.39, 0.29) is 13.1 Å². The van der Waals surface area contributed by atoms with Gasteiger partial charge in [-0.15, -0.1) is 9.48 Å². The van der Waals surface area contributed by atoms with Gasteiger partial charge in [0.15, 0.2) is 0 Å². The molecule has 0 bridgehead atoms. The third kappa shape index (κ3) is 4.72. The number of nitrogens with zero attached hydrogens (tertiary/aromatic N) is 2. The first-order valence-electron chi connectivity index (χ1n) is 9.70. The minimum absolute atomic E-state index is 0.102. The number of H-pyrrole nitrogens is 2. The summed E-state index contributed by atoms with van der Waals surface area (Å²) in [7, 11) is 0. The maximum Gasteiger partial charge on any atom is 0.440 e. The van der Waals surface area contributed by atoms with Gasteiger partial charge in [-0.3, -0.25) is 4.74 Å². The van der Waals surface area contributed by atoms with Gasteiger partial charge in [-0.25, -0.2) is 29.1 Å². The molecule has 1 saturated heterocycles. The van der Waals surface area contributed by atoms with Crippen LogP contribution < -0.4 is 32.4 Å². The molecule has 33 heavy (non-hydrogen) atoms. The lowest BCUT2D eigenvalue weighted by molar-refractivity contribution is 0.162. The van der Waals surface area contributed by atoms with Crippen LogP contribution in [0.5, 0.6) is 11.5 Å². The second kappa shape index (κ2) is 8.20. The Morgan fingerprint density at radius 2 is 1.06 bits per heavy atom. The van der Waals surface area contributed by atoms with Gasteiger partial charge in [-0.2, -0.15) is 0 Å². The lowest BCUT2D eigenvalue weighted by atomic mass is 10.2. The fraction of sp³-hybridized carbons (Fsp3) is 0.200. The molecule has 1 aliphatic rings. The topological polar surface area (TPSA) is 167 Å². The molecule has 170 valence electrons. The highest BCUT2D eigenvalue weighted by Crippen LogP contribution is 2.29. The van der Waals surface area contributed by atoms with Crippen molar-refractivity contribution < 1.29 is 23.3 Å². The Kier molecular flexibility index (Phi) is 5.06. The summed E-state index contributed by atoms with van der Waals surface area (Å²) >= 11 is 0. The maximum atomic E-state index is 11.5. The average molecular weight is 456 g/mol. The van der Waals surface area contributed by atoms with Crippen LogP contribution in [0.25, 0.3) is 0 Å². The monoisotopic (exact) mass is 456 g/mol. The smallest absolute Gasteiger partial charge is 0.440 e. The zero-order chi connectivity index (χ0) is 22.9. The molecule has 1 aliphatic heterocycles. The zero-order valence-corrected chi connectivity index (χ0v) is 16.8. The molecule has 13 nitrogen and oxygen atoms in total. The van der Waals surface area contributed by atoms with E-state index >= 15 is 0 Å². The molecule has 0 radical (unpaired) electrons. The van der Waals surface area contributed by atoms with E-state index in [0.717, 1.165) is 20.6 Å². The van der Waals surface area contributed by atoms with Gasteiger partial charge in [0, 0.05) is 0 Å². The molecule has 0 unspecified atom stereocenters. The van der Waals surface area contributed by atoms with Crippen LogP contribution >= 0.6 is 0 Å². The Bertz CT molecular complexity index is 1370. The normalized spacial score (nSPS) is 17.1. The molecule has 1 fully saturated rings. The average Bonchev–Trinajstić information content (AvgIpc) is 3.30. The van der Waals surface area contributed by atoms with Crippen LogP contribution in [0.15, 0.2) is 76.8 Å². The largest absolute Gasteiger partial charge is 0.458 e. The highest BCUT2D eigenvalue weighted by Gasteiger charge is 2.44. The first kappa shape index (κ1) is 20.4. The highest BCUT2D eigenvalue weighted by molar-refractivity contribution is 5.29. The number of aromatic nitrogens is 4.